The summed E-state index contributed by atoms with van der Waals surface area (Å²) >= 11 is 0. The molecule has 0 nitrogen and oxygen atoms in total. The SMILES string of the molecule is C#Cc1cc(F)c(C)c(F)c1. The number of halogens is 2. The van der Waals surface area contributed by atoms with Crippen LogP contribution >= 0.6 is 0 Å². The van der Waals surface area contributed by atoms with E-state index in [1.54, 1.807) is 0 Å². The molecule has 56 valence electrons. The van der Waals surface area contributed by atoms with Gasteiger partial charge in [0.2, 0.25) is 0 Å². The molecule has 1 aromatic carbocycles. The van der Waals surface area contributed by atoms with E-state index in [1.807, 2.05) is 0 Å². The van der Waals surface area contributed by atoms with E-state index in [1.165, 1.54) is 6.92 Å². The lowest BCUT2D eigenvalue weighted by molar-refractivity contribution is 0.567. The number of hydrogen-bond donors (Lipinski definition) is 0. The van der Waals surface area contributed by atoms with Crippen molar-refractivity contribution < 1.29 is 8.78 Å². The highest BCUT2D eigenvalue weighted by Gasteiger charge is 2.04. The lowest BCUT2D eigenvalue weighted by atomic mass is 10.1. The van der Waals surface area contributed by atoms with Crippen LogP contribution in [0.4, 0.5) is 8.78 Å². The summed E-state index contributed by atoms with van der Waals surface area (Å²) < 4.78 is 25.4. The van der Waals surface area contributed by atoms with Crippen molar-refractivity contribution in [2.75, 3.05) is 0 Å². The normalized spacial score (nSPS) is 9.27. The van der Waals surface area contributed by atoms with E-state index >= 15 is 0 Å². The molecule has 1 rings (SSSR count). The first-order valence-electron chi connectivity index (χ1n) is 3.07. The Labute approximate surface area is 63.9 Å². The molecule has 0 aromatic heterocycles. The van der Waals surface area contributed by atoms with Gasteiger partial charge in [-0.3, -0.25) is 0 Å². The van der Waals surface area contributed by atoms with Crippen molar-refractivity contribution in [1.82, 2.24) is 0 Å². The van der Waals surface area contributed by atoms with Gasteiger partial charge in [-0.2, -0.15) is 0 Å². The molecule has 0 bridgehead atoms. The van der Waals surface area contributed by atoms with Crippen molar-refractivity contribution in [3.63, 3.8) is 0 Å². The van der Waals surface area contributed by atoms with Crippen molar-refractivity contribution in [3.8, 4) is 12.3 Å². The van der Waals surface area contributed by atoms with E-state index in [-0.39, 0.29) is 11.1 Å². The van der Waals surface area contributed by atoms with Crippen molar-refractivity contribution >= 4 is 0 Å². The maximum Gasteiger partial charge on any atom is 0.130 e. The molecule has 11 heavy (non-hydrogen) atoms. The summed E-state index contributed by atoms with van der Waals surface area (Å²) in [4.78, 5) is 0. The van der Waals surface area contributed by atoms with Crippen molar-refractivity contribution in [2.24, 2.45) is 0 Å². The van der Waals surface area contributed by atoms with Crippen LogP contribution in [0.15, 0.2) is 12.1 Å². The van der Waals surface area contributed by atoms with E-state index < -0.39 is 11.6 Å². The lowest BCUT2D eigenvalue weighted by Gasteiger charge is -1.98. The van der Waals surface area contributed by atoms with Crippen LogP contribution in [0, 0.1) is 30.9 Å². The van der Waals surface area contributed by atoms with Crippen molar-refractivity contribution in [3.05, 3.63) is 34.9 Å². The Hall–Kier alpha value is -1.36. The van der Waals surface area contributed by atoms with Gasteiger partial charge in [0.25, 0.3) is 0 Å². The van der Waals surface area contributed by atoms with Gasteiger partial charge in [-0.15, -0.1) is 6.42 Å². The highest BCUT2D eigenvalue weighted by atomic mass is 19.1. The predicted molar refractivity (Wildman–Crippen MR) is 39.0 cm³/mol. The minimum Gasteiger partial charge on any atom is -0.207 e. The van der Waals surface area contributed by atoms with Crippen molar-refractivity contribution in [2.45, 2.75) is 6.92 Å². The molecule has 0 aliphatic heterocycles. The highest BCUT2D eigenvalue weighted by Crippen LogP contribution is 2.12. The second-order valence-corrected chi connectivity index (χ2v) is 2.21. The second-order valence-electron chi connectivity index (χ2n) is 2.21. The molecule has 0 aliphatic rings. The largest absolute Gasteiger partial charge is 0.207 e. The highest BCUT2D eigenvalue weighted by molar-refractivity contribution is 5.35. The molecule has 0 fully saturated rings. The first-order valence-corrected chi connectivity index (χ1v) is 3.07. The summed E-state index contributed by atoms with van der Waals surface area (Å²) in [5.41, 5.74) is 0.231. The molecule has 0 saturated heterocycles. The maximum absolute atomic E-state index is 12.7. The number of hydrogen-bond acceptors (Lipinski definition) is 0. The van der Waals surface area contributed by atoms with Crippen LogP contribution in [-0.2, 0) is 0 Å². The summed E-state index contributed by atoms with van der Waals surface area (Å²) in [5.74, 6) is 0.958. The fourth-order valence-corrected chi connectivity index (χ4v) is 0.729. The van der Waals surface area contributed by atoms with Gasteiger partial charge in [-0.25, -0.2) is 8.78 Å². The molecule has 0 saturated carbocycles. The first-order chi connectivity index (χ1) is 5.15. The molecule has 0 radical (unpaired) electrons. The van der Waals surface area contributed by atoms with Crippen LogP contribution in [0.2, 0.25) is 0 Å². The third-order valence-electron chi connectivity index (χ3n) is 1.45. The summed E-state index contributed by atoms with van der Waals surface area (Å²) in [6, 6.07) is 2.27. The van der Waals surface area contributed by atoms with Gasteiger partial charge in [0, 0.05) is 11.1 Å². The Morgan fingerprint density at radius 2 is 1.73 bits per heavy atom. The zero-order chi connectivity index (χ0) is 8.43. The number of benzene rings is 1. The number of terminal acetylenes is 1. The molecule has 0 amide bonds. The molecule has 2 heteroatoms. The van der Waals surface area contributed by atoms with Crippen molar-refractivity contribution in [1.29, 1.82) is 0 Å². The van der Waals surface area contributed by atoms with Crippen LogP contribution in [0.5, 0.6) is 0 Å². The summed E-state index contributed by atoms with van der Waals surface area (Å²) in [6.45, 7) is 1.37. The summed E-state index contributed by atoms with van der Waals surface area (Å²) in [6.07, 6.45) is 4.95. The maximum atomic E-state index is 12.7. The van der Waals surface area contributed by atoms with Crippen LogP contribution < -0.4 is 0 Å². The lowest BCUT2D eigenvalue weighted by Crippen LogP contribution is -1.89. The molecule has 0 spiro atoms. The fourth-order valence-electron chi connectivity index (χ4n) is 0.729. The Balaban J connectivity index is 3.35. The van der Waals surface area contributed by atoms with Crippen LogP contribution in [0.1, 0.15) is 11.1 Å². The van der Waals surface area contributed by atoms with Gasteiger partial charge in [-0.05, 0) is 19.1 Å². The van der Waals surface area contributed by atoms with E-state index in [2.05, 4.69) is 5.92 Å². The van der Waals surface area contributed by atoms with Gasteiger partial charge >= 0.3 is 0 Å². The third-order valence-corrected chi connectivity index (χ3v) is 1.45. The van der Waals surface area contributed by atoms with Gasteiger partial charge in [0.15, 0.2) is 0 Å². The van der Waals surface area contributed by atoms with E-state index in [0.717, 1.165) is 12.1 Å². The molecule has 0 aliphatic carbocycles. The Kier molecular flexibility index (Phi) is 1.91. The molecular formula is C9H6F2. The van der Waals surface area contributed by atoms with Crippen LogP contribution in [-0.4, -0.2) is 0 Å². The quantitative estimate of drug-likeness (QED) is 0.500. The van der Waals surface area contributed by atoms with E-state index in [4.69, 9.17) is 6.42 Å². The Morgan fingerprint density at radius 3 is 2.09 bits per heavy atom. The Morgan fingerprint density at radius 1 is 1.27 bits per heavy atom. The zero-order valence-electron chi connectivity index (χ0n) is 5.99. The predicted octanol–water partition coefficient (Wildman–Crippen LogP) is 2.25. The summed E-state index contributed by atoms with van der Waals surface area (Å²) in [7, 11) is 0. The Bertz CT molecular complexity index is 298. The van der Waals surface area contributed by atoms with Crippen LogP contribution in [0.25, 0.3) is 0 Å². The topological polar surface area (TPSA) is 0 Å². The molecular weight excluding hydrogens is 146 g/mol. The minimum atomic E-state index is -0.599. The summed E-state index contributed by atoms with van der Waals surface area (Å²) in [5, 5.41) is 0. The molecule has 1 aromatic rings. The third kappa shape index (κ3) is 1.38. The average molecular weight is 152 g/mol. The fraction of sp³-hybridized carbons (Fsp3) is 0.111. The molecule has 0 unspecified atom stereocenters. The molecule has 0 atom stereocenters. The van der Waals surface area contributed by atoms with Gasteiger partial charge in [0.05, 0.1) is 0 Å². The zero-order valence-corrected chi connectivity index (χ0v) is 5.99. The minimum absolute atomic E-state index is 0.00370. The van der Waals surface area contributed by atoms with Gasteiger partial charge in [-0.1, -0.05) is 5.92 Å². The molecule has 0 heterocycles. The second kappa shape index (κ2) is 2.71. The van der Waals surface area contributed by atoms with Gasteiger partial charge < -0.3 is 0 Å². The van der Waals surface area contributed by atoms with E-state index in [9.17, 15) is 8.78 Å². The number of rotatable bonds is 0. The molecule has 0 N–H and O–H groups in total. The first kappa shape index (κ1) is 7.74. The van der Waals surface area contributed by atoms with Crippen LogP contribution in [0.3, 0.4) is 0 Å². The van der Waals surface area contributed by atoms with Gasteiger partial charge in [0.1, 0.15) is 11.6 Å². The smallest absolute Gasteiger partial charge is 0.130 e. The average Bonchev–Trinajstić information content (AvgIpc) is 1.99. The van der Waals surface area contributed by atoms with E-state index in [0.29, 0.717) is 0 Å². The monoisotopic (exact) mass is 152 g/mol. The standard InChI is InChI=1S/C9H6F2/c1-3-7-4-8(10)6(2)9(11)5-7/h1,4-5H,2H3.